The summed E-state index contributed by atoms with van der Waals surface area (Å²) in [6, 6.07) is 13.4. The Labute approximate surface area is 409 Å². The van der Waals surface area contributed by atoms with Crippen molar-refractivity contribution < 1.29 is 14.9 Å². The first-order chi connectivity index (χ1) is 33.2. The highest BCUT2D eigenvalue weighted by Gasteiger charge is 2.26. The third-order valence-corrected chi connectivity index (χ3v) is 17.4. The van der Waals surface area contributed by atoms with Crippen LogP contribution in [0.3, 0.4) is 0 Å². The lowest BCUT2D eigenvalue weighted by molar-refractivity contribution is 0.153. The average molecular weight is 981 g/mol. The second kappa shape index (κ2) is 22.9. The van der Waals surface area contributed by atoms with Crippen LogP contribution in [0, 0.1) is 0 Å². The first kappa shape index (κ1) is 48.5. The number of fused-ring (bicyclic) bond motifs is 2. The molecule has 6 aromatic heterocycles. The number of anilines is 6. The Bertz CT molecular complexity index is 2530. The largest absolute Gasteiger partial charge is 0.395 e. The fourth-order valence-corrected chi connectivity index (χ4v) is 12.1. The zero-order chi connectivity index (χ0) is 46.9. The van der Waals surface area contributed by atoms with Crippen molar-refractivity contribution in [2.24, 2.45) is 0 Å². The van der Waals surface area contributed by atoms with Gasteiger partial charge in [0.05, 0.1) is 59.0 Å². The third-order valence-electron chi connectivity index (χ3n) is 13.6. The van der Waals surface area contributed by atoms with E-state index in [1.807, 2.05) is 36.7 Å². The number of rotatable bonds is 17. The Hall–Kier alpha value is -4.54. The SMILES string of the molecule is C[Si](C)(C)CCOCN(c1ccc2ncc(N3CCN(CCO)CC3)cc2n1)c1nnc(C2CCCC2)s1.OCCN1CCN(c2cnc3ccc(Nc4nnc(C5CCCC5)s4)nc3c2)CC1. The van der Waals surface area contributed by atoms with E-state index in [0.29, 0.717) is 18.6 Å². The lowest BCUT2D eigenvalue weighted by atomic mass is 10.1. The predicted octanol–water partition coefficient (Wildman–Crippen LogP) is 7.70. The monoisotopic (exact) mass is 980 g/mol. The highest BCUT2D eigenvalue weighted by atomic mass is 32.1. The van der Waals surface area contributed by atoms with Gasteiger partial charge in [-0.3, -0.25) is 24.7 Å². The number of nitrogens with zero attached hydrogens (tertiary/aromatic N) is 13. The standard InChI is InChI=1S/C27H41N7O2SSi.C21H27N7OS/c1-38(2,3)17-16-36-20-34(27-31-30-26(37-27)21-6-4-5-7-21)25-9-8-23-24(29-25)18-22(19-28-23)33-12-10-32(11-13-33)14-15-35;29-12-11-27-7-9-28(10-8-27)16-13-18-17(22-14-16)5-6-19(23-18)24-21-26-25-20(30-21)15-3-1-2-4-15/h8-9,18-19,21,35H,4-7,10-17,20H2,1-3H3;5-6,13-15,29H,1-4,7-12H2,(H,23,24,26). The molecule has 2 aliphatic heterocycles. The van der Waals surface area contributed by atoms with Crippen LogP contribution in [0.5, 0.6) is 0 Å². The summed E-state index contributed by atoms with van der Waals surface area (Å²) in [4.78, 5) is 30.5. The lowest BCUT2D eigenvalue weighted by Gasteiger charge is -2.35. The van der Waals surface area contributed by atoms with E-state index < -0.39 is 8.07 Å². The maximum absolute atomic E-state index is 9.24. The summed E-state index contributed by atoms with van der Waals surface area (Å²) in [5, 5.41) is 43.5. The van der Waals surface area contributed by atoms with E-state index >= 15 is 0 Å². The number of hydrogen-bond donors (Lipinski definition) is 3. The lowest BCUT2D eigenvalue weighted by Crippen LogP contribution is -2.47. The molecule has 6 aromatic rings. The van der Waals surface area contributed by atoms with Crippen LogP contribution in [-0.4, -0.2) is 160 Å². The number of nitrogens with one attached hydrogen (secondary N) is 1. The molecule has 17 nitrogen and oxygen atoms in total. The highest BCUT2D eigenvalue weighted by Crippen LogP contribution is 2.39. The van der Waals surface area contributed by atoms with Crippen molar-refractivity contribution in [3.05, 3.63) is 58.8 Å². The Morgan fingerprint density at radius 2 is 1.21 bits per heavy atom. The van der Waals surface area contributed by atoms with Crippen molar-refractivity contribution >= 4 is 86.1 Å². The Morgan fingerprint density at radius 3 is 1.78 bits per heavy atom. The van der Waals surface area contributed by atoms with Crippen LogP contribution >= 0.6 is 22.7 Å². The molecule has 4 aliphatic rings. The zero-order valence-corrected chi connectivity index (χ0v) is 42.6. The summed E-state index contributed by atoms with van der Waals surface area (Å²) >= 11 is 3.32. The van der Waals surface area contributed by atoms with E-state index in [4.69, 9.17) is 24.8 Å². The summed E-state index contributed by atoms with van der Waals surface area (Å²) in [7, 11) is -1.18. The molecule has 0 amide bonds. The van der Waals surface area contributed by atoms with Crippen molar-refractivity contribution in [3.8, 4) is 0 Å². The normalized spacial score (nSPS) is 17.9. The molecule has 2 saturated heterocycles. The number of β-amino-alcohol motifs (C(OH)–C–C–N with tert-alkyl or cyclic N) is 2. The van der Waals surface area contributed by atoms with E-state index in [1.165, 1.54) is 51.4 Å². The van der Waals surface area contributed by atoms with Crippen LogP contribution in [0.15, 0.2) is 48.8 Å². The number of aliphatic hydroxyl groups is 2. The fourth-order valence-electron chi connectivity index (χ4n) is 9.45. The fraction of sp³-hybridized carbons (Fsp3) is 0.583. The van der Waals surface area contributed by atoms with Gasteiger partial charge in [0.2, 0.25) is 10.3 Å². The molecule has 2 saturated carbocycles. The molecule has 364 valence electrons. The number of pyridine rings is 4. The van der Waals surface area contributed by atoms with E-state index in [0.717, 1.165) is 143 Å². The van der Waals surface area contributed by atoms with Crippen LogP contribution in [0.25, 0.3) is 22.1 Å². The molecule has 0 unspecified atom stereocenters. The van der Waals surface area contributed by atoms with Crippen molar-refractivity contribution in [1.29, 1.82) is 0 Å². The summed E-state index contributed by atoms with van der Waals surface area (Å²) in [5.41, 5.74) is 5.67. The Kier molecular flexibility index (Phi) is 16.3. The topological polar surface area (TPSA) is 181 Å². The van der Waals surface area contributed by atoms with Crippen LogP contribution in [0.1, 0.15) is 73.2 Å². The molecular formula is C48H68N14O3S2Si. The van der Waals surface area contributed by atoms with Crippen LogP contribution in [0.2, 0.25) is 25.7 Å². The van der Waals surface area contributed by atoms with E-state index in [-0.39, 0.29) is 13.2 Å². The van der Waals surface area contributed by atoms with Gasteiger partial charge in [0, 0.05) is 92.0 Å². The molecule has 0 aromatic carbocycles. The second-order valence-corrected chi connectivity index (χ2v) is 27.3. The number of aromatic nitrogens is 8. The molecule has 68 heavy (non-hydrogen) atoms. The van der Waals surface area contributed by atoms with Gasteiger partial charge in [-0.25, -0.2) is 9.97 Å². The molecule has 8 heterocycles. The number of piperazine rings is 2. The molecule has 20 heteroatoms. The van der Waals surface area contributed by atoms with Gasteiger partial charge in [-0.1, -0.05) is 68.0 Å². The van der Waals surface area contributed by atoms with Crippen LogP contribution in [0.4, 0.5) is 33.3 Å². The summed E-state index contributed by atoms with van der Waals surface area (Å²) in [6.45, 7) is 17.6. The van der Waals surface area contributed by atoms with Crippen molar-refractivity contribution in [2.45, 2.75) is 88.9 Å². The van der Waals surface area contributed by atoms with Gasteiger partial charge in [0.1, 0.15) is 28.4 Å². The molecule has 0 radical (unpaired) electrons. The molecule has 3 N–H and O–H groups in total. The zero-order valence-electron chi connectivity index (χ0n) is 40.0. The molecule has 4 fully saturated rings. The number of ether oxygens (including phenoxy) is 1. The number of aliphatic hydroxyl groups excluding tert-OH is 2. The van der Waals surface area contributed by atoms with Gasteiger partial charge in [-0.2, -0.15) is 0 Å². The first-order valence-corrected chi connectivity index (χ1v) is 30.0. The summed E-state index contributed by atoms with van der Waals surface area (Å²) in [6.07, 6.45) is 13.9. The summed E-state index contributed by atoms with van der Waals surface area (Å²) in [5.74, 6) is 2.69. The van der Waals surface area contributed by atoms with Crippen LogP contribution in [-0.2, 0) is 4.74 Å². The minimum atomic E-state index is -1.18. The summed E-state index contributed by atoms with van der Waals surface area (Å²) < 4.78 is 6.19. The van der Waals surface area contributed by atoms with Gasteiger partial charge in [-0.05, 0) is 68.1 Å². The quantitative estimate of drug-likeness (QED) is 0.0459. The van der Waals surface area contributed by atoms with Gasteiger partial charge in [0.15, 0.2) is 0 Å². The highest BCUT2D eigenvalue weighted by molar-refractivity contribution is 7.15. The van der Waals surface area contributed by atoms with Gasteiger partial charge >= 0.3 is 0 Å². The van der Waals surface area contributed by atoms with E-state index in [2.05, 4.69) is 87.0 Å². The molecule has 2 aliphatic carbocycles. The molecule has 0 atom stereocenters. The first-order valence-electron chi connectivity index (χ1n) is 24.7. The molecule has 0 bridgehead atoms. The maximum Gasteiger partial charge on any atom is 0.215 e. The van der Waals surface area contributed by atoms with Gasteiger partial charge in [0.25, 0.3) is 0 Å². The maximum atomic E-state index is 9.24. The smallest absolute Gasteiger partial charge is 0.215 e. The third kappa shape index (κ3) is 12.6. The Morgan fingerprint density at radius 1 is 0.662 bits per heavy atom. The molecular weight excluding hydrogens is 913 g/mol. The second-order valence-electron chi connectivity index (χ2n) is 19.7. The van der Waals surface area contributed by atoms with E-state index in [1.54, 1.807) is 22.7 Å². The minimum Gasteiger partial charge on any atom is -0.395 e. The average Bonchev–Trinajstić information content (AvgIpc) is 4.21. The van der Waals surface area contributed by atoms with Crippen LogP contribution < -0.4 is 20.0 Å². The minimum absolute atomic E-state index is 0.208. The molecule has 10 rings (SSSR count). The predicted molar refractivity (Wildman–Crippen MR) is 277 cm³/mol. The Balaban J connectivity index is 0.000000174. The molecule has 0 spiro atoms. The number of hydrogen-bond acceptors (Lipinski definition) is 19. The van der Waals surface area contributed by atoms with Crippen molar-refractivity contribution in [3.63, 3.8) is 0 Å². The van der Waals surface area contributed by atoms with Crippen molar-refractivity contribution in [2.75, 3.05) is 112 Å². The van der Waals surface area contributed by atoms with Gasteiger partial charge < -0.3 is 30.1 Å². The van der Waals surface area contributed by atoms with Gasteiger partial charge in [-0.15, -0.1) is 20.4 Å². The van der Waals surface area contributed by atoms with Crippen molar-refractivity contribution in [1.82, 2.24) is 50.1 Å². The van der Waals surface area contributed by atoms with E-state index in [9.17, 15) is 5.11 Å².